The van der Waals surface area contributed by atoms with Crippen molar-refractivity contribution in [2.24, 2.45) is 11.8 Å². The number of carbonyl (C=O) groups is 3. The topological polar surface area (TPSA) is 97.0 Å². The molecule has 0 unspecified atom stereocenters. The molecule has 1 aliphatic carbocycles. The third-order valence-electron chi connectivity index (χ3n) is 8.09. The van der Waals surface area contributed by atoms with Gasteiger partial charge < -0.3 is 25.0 Å². The molecule has 2 bridgehead atoms. The fourth-order valence-electron chi connectivity index (χ4n) is 6.38. The van der Waals surface area contributed by atoms with E-state index in [0.29, 0.717) is 31.9 Å². The number of likely N-dealkylation sites (tertiary alicyclic amines) is 1. The fourth-order valence-corrected chi connectivity index (χ4v) is 6.38. The summed E-state index contributed by atoms with van der Waals surface area (Å²) in [6.45, 7) is 5.40. The second-order valence-corrected chi connectivity index (χ2v) is 10.5. The summed E-state index contributed by atoms with van der Waals surface area (Å²) in [7, 11) is 0. The first-order chi connectivity index (χ1) is 17.4. The van der Waals surface area contributed by atoms with Gasteiger partial charge in [-0.25, -0.2) is 0 Å². The lowest BCUT2D eigenvalue weighted by molar-refractivity contribution is -0.141. The lowest BCUT2D eigenvalue weighted by atomic mass is 9.74. The van der Waals surface area contributed by atoms with E-state index in [0.717, 1.165) is 31.2 Å². The first kappa shape index (κ1) is 25.0. The summed E-state index contributed by atoms with van der Waals surface area (Å²) >= 11 is 0. The van der Waals surface area contributed by atoms with Crippen LogP contribution < -0.4 is 10.6 Å². The Morgan fingerprint density at radius 2 is 1.89 bits per heavy atom. The van der Waals surface area contributed by atoms with Gasteiger partial charge in [-0.1, -0.05) is 49.1 Å². The Morgan fingerprint density at radius 1 is 1.14 bits per heavy atom. The number of nitrogens with zero attached hydrogens (tertiary/aromatic N) is 1. The van der Waals surface area contributed by atoms with Crippen LogP contribution in [0, 0.1) is 18.8 Å². The van der Waals surface area contributed by atoms with E-state index in [1.54, 1.807) is 4.90 Å². The van der Waals surface area contributed by atoms with Gasteiger partial charge >= 0.3 is 0 Å². The monoisotopic (exact) mass is 495 g/mol. The van der Waals surface area contributed by atoms with Crippen LogP contribution in [0.4, 0.5) is 5.69 Å². The van der Waals surface area contributed by atoms with Gasteiger partial charge in [0.1, 0.15) is 11.6 Å². The standard InChI is InChI=1S/C28H37N3O5/c1-3-35-17-7-16-31-24(26(33)30-19-8-5-4-6-9-19)28-15-14-21(36-28)22(23(28)27(31)34)25(32)29-20-12-10-18(2)11-13-20/h10-15,19,21-24H,3-9,16-17H2,1-2H3,(H,29,32)(H,30,33)/t21-,22+,23-,24+,28+/m1/s1. The van der Waals surface area contributed by atoms with Crippen molar-refractivity contribution < 1.29 is 23.9 Å². The largest absolute Gasteiger partial charge is 0.382 e. The maximum Gasteiger partial charge on any atom is 0.246 e. The van der Waals surface area contributed by atoms with E-state index in [9.17, 15) is 14.4 Å². The molecule has 0 radical (unpaired) electrons. The summed E-state index contributed by atoms with van der Waals surface area (Å²) in [5.41, 5.74) is 0.650. The number of nitrogens with one attached hydrogen (secondary N) is 2. The average molecular weight is 496 g/mol. The highest BCUT2D eigenvalue weighted by Gasteiger charge is 2.72. The highest BCUT2D eigenvalue weighted by Crippen LogP contribution is 2.55. The van der Waals surface area contributed by atoms with Crippen molar-refractivity contribution in [3.63, 3.8) is 0 Å². The second kappa shape index (κ2) is 10.3. The Labute approximate surface area is 212 Å². The van der Waals surface area contributed by atoms with Crippen molar-refractivity contribution in [1.82, 2.24) is 10.2 Å². The Balaban J connectivity index is 1.40. The van der Waals surface area contributed by atoms with Crippen molar-refractivity contribution in [3.8, 4) is 0 Å². The van der Waals surface area contributed by atoms with E-state index in [4.69, 9.17) is 9.47 Å². The van der Waals surface area contributed by atoms with Crippen LogP contribution in [0.25, 0.3) is 0 Å². The molecule has 1 aromatic carbocycles. The third kappa shape index (κ3) is 4.45. The minimum absolute atomic E-state index is 0.116. The summed E-state index contributed by atoms with van der Waals surface area (Å²) in [4.78, 5) is 42.7. The molecule has 1 spiro atoms. The zero-order valence-electron chi connectivity index (χ0n) is 21.2. The normalized spacial score (nSPS) is 31.1. The van der Waals surface area contributed by atoms with Crippen molar-refractivity contribution >= 4 is 23.4 Å². The molecule has 194 valence electrons. The highest BCUT2D eigenvalue weighted by molar-refractivity contribution is 6.02. The quantitative estimate of drug-likeness (QED) is 0.406. The Morgan fingerprint density at radius 3 is 2.61 bits per heavy atom. The Bertz CT molecular complexity index is 1020. The molecular weight excluding hydrogens is 458 g/mol. The lowest BCUT2D eigenvalue weighted by Crippen LogP contribution is -2.56. The number of hydrogen-bond acceptors (Lipinski definition) is 5. The number of aryl methyl sites for hydroxylation is 1. The molecule has 1 saturated carbocycles. The highest BCUT2D eigenvalue weighted by atomic mass is 16.5. The number of amides is 3. The molecule has 2 saturated heterocycles. The molecule has 1 aromatic rings. The predicted octanol–water partition coefficient (Wildman–Crippen LogP) is 2.96. The number of rotatable bonds is 9. The molecule has 4 aliphatic rings. The number of ether oxygens (including phenoxy) is 2. The zero-order chi connectivity index (χ0) is 25.3. The van der Waals surface area contributed by atoms with Crippen molar-refractivity contribution in [3.05, 3.63) is 42.0 Å². The van der Waals surface area contributed by atoms with Crippen LogP contribution in [0.3, 0.4) is 0 Å². The second-order valence-electron chi connectivity index (χ2n) is 10.5. The molecule has 3 amide bonds. The van der Waals surface area contributed by atoms with Crippen molar-refractivity contribution in [1.29, 1.82) is 0 Å². The van der Waals surface area contributed by atoms with Gasteiger partial charge in [-0.3, -0.25) is 14.4 Å². The Hall–Kier alpha value is -2.71. The molecule has 0 aromatic heterocycles. The smallest absolute Gasteiger partial charge is 0.246 e. The van der Waals surface area contributed by atoms with Gasteiger partial charge in [0.05, 0.1) is 17.9 Å². The van der Waals surface area contributed by atoms with Crippen molar-refractivity contribution in [2.75, 3.05) is 25.1 Å². The summed E-state index contributed by atoms with van der Waals surface area (Å²) in [5, 5.41) is 6.18. The molecule has 5 rings (SSSR count). The van der Waals surface area contributed by atoms with E-state index in [1.807, 2.05) is 50.3 Å². The zero-order valence-corrected chi connectivity index (χ0v) is 21.2. The molecule has 2 N–H and O–H groups in total. The minimum atomic E-state index is -1.12. The summed E-state index contributed by atoms with van der Waals surface area (Å²) in [6, 6.07) is 6.89. The van der Waals surface area contributed by atoms with E-state index < -0.39 is 29.6 Å². The van der Waals surface area contributed by atoms with Crippen molar-refractivity contribution in [2.45, 2.75) is 76.2 Å². The van der Waals surface area contributed by atoms with Gasteiger partial charge in [-0.2, -0.15) is 0 Å². The van der Waals surface area contributed by atoms with Crippen LogP contribution >= 0.6 is 0 Å². The number of fused-ring (bicyclic) bond motifs is 1. The molecule has 3 fully saturated rings. The van der Waals surface area contributed by atoms with E-state index in [1.165, 1.54) is 6.42 Å². The van der Waals surface area contributed by atoms with Crippen LogP contribution in [-0.2, 0) is 23.9 Å². The number of hydrogen-bond donors (Lipinski definition) is 2. The first-order valence-electron chi connectivity index (χ1n) is 13.4. The minimum Gasteiger partial charge on any atom is -0.382 e. The molecule has 3 heterocycles. The van der Waals surface area contributed by atoms with E-state index in [-0.39, 0.29) is 23.8 Å². The van der Waals surface area contributed by atoms with Crippen LogP contribution in [0.2, 0.25) is 0 Å². The number of benzene rings is 1. The summed E-state index contributed by atoms with van der Waals surface area (Å²) in [5.74, 6) is -2.04. The maximum absolute atomic E-state index is 13.9. The summed E-state index contributed by atoms with van der Waals surface area (Å²) < 4.78 is 11.9. The molecule has 3 aliphatic heterocycles. The maximum atomic E-state index is 13.9. The van der Waals surface area contributed by atoms with Gasteiger partial charge in [0.15, 0.2) is 0 Å². The van der Waals surface area contributed by atoms with Crippen LogP contribution in [0.1, 0.15) is 51.0 Å². The van der Waals surface area contributed by atoms with Crippen LogP contribution in [-0.4, -0.2) is 66.2 Å². The summed E-state index contributed by atoms with van der Waals surface area (Å²) in [6.07, 6.45) is 9.09. The molecule has 36 heavy (non-hydrogen) atoms. The number of anilines is 1. The predicted molar refractivity (Wildman–Crippen MR) is 135 cm³/mol. The van der Waals surface area contributed by atoms with E-state index >= 15 is 0 Å². The third-order valence-corrected chi connectivity index (χ3v) is 8.09. The van der Waals surface area contributed by atoms with Gasteiger partial charge in [0.25, 0.3) is 0 Å². The van der Waals surface area contributed by atoms with Gasteiger partial charge in [-0.05, 0) is 45.2 Å². The SMILES string of the molecule is CCOCCCN1C(=O)[C@H]2[C@@H](C(=O)Nc3ccc(C)cc3)[C@H]3C=C[C@@]2(O3)[C@@H]1C(=O)NC1CCCCC1. The lowest BCUT2D eigenvalue weighted by Gasteiger charge is -2.34. The molecule has 8 nitrogen and oxygen atoms in total. The molecule has 8 heteroatoms. The molecule has 5 atom stereocenters. The fraction of sp³-hybridized carbons (Fsp3) is 0.607. The van der Waals surface area contributed by atoms with Gasteiger partial charge in [0, 0.05) is 31.5 Å². The molecular formula is C28H37N3O5. The van der Waals surface area contributed by atoms with E-state index in [2.05, 4.69) is 10.6 Å². The average Bonchev–Trinajstić information content (AvgIpc) is 3.51. The number of carbonyl (C=O) groups excluding carboxylic acids is 3. The van der Waals surface area contributed by atoms with Gasteiger partial charge in [-0.15, -0.1) is 0 Å². The van der Waals surface area contributed by atoms with Crippen LogP contribution in [0.5, 0.6) is 0 Å². The Kier molecular flexibility index (Phi) is 7.17. The first-order valence-corrected chi connectivity index (χ1v) is 13.4. The van der Waals surface area contributed by atoms with Crippen LogP contribution in [0.15, 0.2) is 36.4 Å². The van der Waals surface area contributed by atoms with Gasteiger partial charge in [0.2, 0.25) is 17.7 Å².